The molecule has 47 heavy (non-hydrogen) atoms. The van der Waals surface area contributed by atoms with Crippen LogP contribution in [-0.4, -0.2) is 60.5 Å². The van der Waals surface area contributed by atoms with Crippen LogP contribution in [-0.2, 0) is 20.9 Å². The number of unbranched alkanes of at least 4 members (excludes halogenated alkanes) is 1. The van der Waals surface area contributed by atoms with Crippen LogP contribution in [0.2, 0.25) is 0 Å². The minimum Gasteiger partial charge on any atom is -0.508 e. The second-order valence-electron chi connectivity index (χ2n) is 10.9. The van der Waals surface area contributed by atoms with Crippen molar-refractivity contribution in [3.8, 4) is 5.75 Å². The second kappa shape index (κ2) is 19.9. The van der Waals surface area contributed by atoms with Crippen LogP contribution in [0.15, 0.2) is 89.9 Å². The van der Waals surface area contributed by atoms with Gasteiger partial charge >= 0.3 is 6.03 Å². The Bertz CT molecular complexity index is 1410. The third-order valence-electron chi connectivity index (χ3n) is 7.27. The van der Waals surface area contributed by atoms with Crippen LogP contribution >= 0.6 is 0 Å². The zero-order valence-corrected chi connectivity index (χ0v) is 26.7. The molecule has 0 fully saturated rings. The maximum absolute atomic E-state index is 13.8. The molecule has 0 heterocycles. The van der Waals surface area contributed by atoms with E-state index < -0.39 is 18.0 Å². The number of nitrogens with two attached hydrogens (primary N) is 1. The molecule has 0 aliphatic heterocycles. The molecule has 0 spiro atoms. The lowest BCUT2D eigenvalue weighted by Gasteiger charge is -2.23. The topological polar surface area (TPSA) is 187 Å². The molecule has 0 aliphatic rings. The van der Waals surface area contributed by atoms with Crippen molar-refractivity contribution in [2.24, 2.45) is 10.7 Å². The van der Waals surface area contributed by atoms with Gasteiger partial charge in [0.1, 0.15) is 11.8 Å². The van der Waals surface area contributed by atoms with E-state index in [4.69, 9.17) is 5.73 Å². The van der Waals surface area contributed by atoms with Gasteiger partial charge in [0, 0.05) is 32.6 Å². The lowest BCUT2D eigenvalue weighted by molar-refractivity contribution is -0.129. The van der Waals surface area contributed by atoms with Gasteiger partial charge in [-0.05, 0) is 54.5 Å². The fourth-order valence-electron chi connectivity index (χ4n) is 4.74. The number of benzene rings is 3. The Labute approximate surface area is 275 Å². The highest BCUT2D eigenvalue weighted by atomic mass is 16.3. The maximum Gasteiger partial charge on any atom is 0.321 e. The summed E-state index contributed by atoms with van der Waals surface area (Å²) in [5.74, 6) is -1.26. The van der Waals surface area contributed by atoms with Crippen LogP contribution in [0.1, 0.15) is 61.6 Å². The average Bonchev–Trinajstić information content (AvgIpc) is 3.08. The highest BCUT2D eigenvalue weighted by molar-refractivity contribution is 5.95. The number of aromatic hydroxyl groups is 1. The number of carbonyl (C=O) groups is 4. The SMILES string of the molecule is CCC(=O)NCCCCNC(=O)NC(N)=NCCC[C@@H](NC(=O)C(c1ccccc1)c1ccccc1)C(=O)NCc1ccc(O)cc1. The molecule has 5 amide bonds. The van der Waals surface area contributed by atoms with Crippen molar-refractivity contribution in [2.45, 2.75) is 57.5 Å². The lowest BCUT2D eigenvalue weighted by Crippen LogP contribution is -2.48. The maximum atomic E-state index is 13.8. The van der Waals surface area contributed by atoms with E-state index in [-0.39, 0.29) is 48.9 Å². The van der Waals surface area contributed by atoms with Gasteiger partial charge in [-0.25, -0.2) is 4.79 Å². The lowest BCUT2D eigenvalue weighted by atomic mass is 9.90. The van der Waals surface area contributed by atoms with Gasteiger partial charge in [0.05, 0.1) is 5.92 Å². The predicted molar refractivity (Wildman–Crippen MR) is 181 cm³/mol. The van der Waals surface area contributed by atoms with Gasteiger partial charge in [-0.15, -0.1) is 0 Å². The fraction of sp³-hybridized carbons (Fsp3) is 0.343. The number of aliphatic imine (C=N–C) groups is 1. The molecule has 0 aliphatic carbocycles. The number of nitrogens with zero attached hydrogens (tertiary/aromatic N) is 1. The molecule has 0 unspecified atom stereocenters. The highest BCUT2D eigenvalue weighted by Gasteiger charge is 2.27. The molecule has 0 aromatic heterocycles. The summed E-state index contributed by atoms with van der Waals surface area (Å²) in [5.41, 5.74) is 8.27. The molecule has 3 rings (SSSR count). The predicted octanol–water partition coefficient (Wildman–Crippen LogP) is 3.03. The third-order valence-corrected chi connectivity index (χ3v) is 7.27. The highest BCUT2D eigenvalue weighted by Crippen LogP contribution is 2.25. The van der Waals surface area contributed by atoms with Gasteiger partial charge in [-0.2, -0.15) is 0 Å². The van der Waals surface area contributed by atoms with Gasteiger partial charge in [-0.1, -0.05) is 79.7 Å². The number of phenols is 1. The van der Waals surface area contributed by atoms with Gasteiger partial charge in [-0.3, -0.25) is 24.7 Å². The molecule has 0 saturated carbocycles. The summed E-state index contributed by atoms with van der Waals surface area (Å²) in [6.45, 7) is 3.17. The molecular formula is C35H45N7O5. The number of guanidine groups is 1. The van der Waals surface area contributed by atoms with Crippen LogP contribution in [0.25, 0.3) is 0 Å². The van der Waals surface area contributed by atoms with Crippen molar-refractivity contribution in [2.75, 3.05) is 19.6 Å². The number of hydrogen-bond acceptors (Lipinski definition) is 6. The van der Waals surface area contributed by atoms with Crippen molar-refractivity contribution in [3.63, 3.8) is 0 Å². The third kappa shape index (κ3) is 13.2. The van der Waals surface area contributed by atoms with Gasteiger partial charge in [0.15, 0.2) is 5.96 Å². The van der Waals surface area contributed by atoms with E-state index in [0.717, 1.165) is 23.1 Å². The summed E-state index contributed by atoms with van der Waals surface area (Å²) < 4.78 is 0. The Morgan fingerprint density at radius 2 is 1.36 bits per heavy atom. The molecule has 0 saturated heterocycles. The summed E-state index contributed by atoms with van der Waals surface area (Å²) in [6, 6.07) is 23.9. The molecule has 3 aromatic carbocycles. The Balaban J connectivity index is 1.58. The smallest absolute Gasteiger partial charge is 0.321 e. The first kappa shape index (κ1) is 36.1. The number of urea groups is 1. The second-order valence-corrected chi connectivity index (χ2v) is 10.9. The fourth-order valence-corrected chi connectivity index (χ4v) is 4.74. The van der Waals surface area contributed by atoms with E-state index in [1.54, 1.807) is 19.1 Å². The number of carbonyl (C=O) groups excluding carboxylic acids is 4. The quantitative estimate of drug-likeness (QED) is 0.0673. The van der Waals surface area contributed by atoms with E-state index in [2.05, 4.69) is 31.6 Å². The van der Waals surface area contributed by atoms with Crippen molar-refractivity contribution in [1.29, 1.82) is 0 Å². The Morgan fingerprint density at radius 1 is 0.766 bits per heavy atom. The van der Waals surface area contributed by atoms with E-state index in [0.29, 0.717) is 32.4 Å². The zero-order valence-electron chi connectivity index (χ0n) is 26.7. The molecule has 250 valence electrons. The monoisotopic (exact) mass is 643 g/mol. The summed E-state index contributed by atoms with van der Waals surface area (Å²) >= 11 is 0. The van der Waals surface area contributed by atoms with Gasteiger partial charge in [0.25, 0.3) is 0 Å². The first-order chi connectivity index (χ1) is 22.8. The van der Waals surface area contributed by atoms with E-state index in [9.17, 15) is 24.3 Å². The Hall–Kier alpha value is -5.39. The van der Waals surface area contributed by atoms with Crippen LogP contribution in [0.3, 0.4) is 0 Å². The zero-order chi connectivity index (χ0) is 33.9. The van der Waals surface area contributed by atoms with Crippen LogP contribution in [0.5, 0.6) is 5.75 Å². The minimum absolute atomic E-state index is 0.00772. The molecular weight excluding hydrogens is 598 g/mol. The Kier molecular flexibility index (Phi) is 15.3. The van der Waals surface area contributed by atoms with Crippen molar-refractivity contribution >= 4 is 29.7 Å². The van der Waals surface area contributed by atoms with E-state index in [1.807, 2.05) is 60.7 Å². The first-order valence-corrected chi connectivity index (χ1v) is 15.8. The largest absolute Gasteiger partial charge is 0.508 e. The summed E-state index contributed by atoms with van der Waals surface area (Å²) in [6.07, 6.45) is 2.51. The summed E-state index contributed by atoms with van der Waals surface area (Å²) in [7, 11) is 0. The molecule has 3 aromatic rings. The molecule has 12 heteroatoms. The summed E-state index contributed by atoms with van der Waals surface area (Å²) in [4.78, 5) is 54.8. The molecule has 0 radical (unpaired) electrons. The number of rotatable bonds is 17. The Morgan fingerprint density at radius 3 is 1.96 bits per heavy atom. The number of nitrogens with one attached hydrogen (secondary N) is 5. The van der Waals surface area contributed by atoms with Gasteiger partial charge in [0.2, 0.25) is 17.7 Å². The molecule has 1 atom stereocenters. The van der Waals surface area contributed by atoms with E-state index >= 15 is 0 Å². The van der Waals surface area contributed by atoms with Crippen molar-refractivity contribution < 1.29 is 24.3 Å². The molecule has 12 nitrogen and oxygen atoms in total. The minimum atomic E-state index is -0.871. The van der Waals surface area contributed by atoms with Crippen molar-refractivity contribution in [3.05, 3.63) is 102 Å². The molecule has 8 N–H and O–H groups in total. The van der Waals surface area contributed by atoms with Gasteiger partial charge < -0.3 is 32.1 Å². The number of amides is 5. The summed E-state index contributed by atoms with van der Waals surface area (Å²) in [5, 5.41) is 23.3. The van der Waals surface area contributed by atoms with Crippen LogP contribution in [0, 0.1) is 0 Å². The normalized spacial score (nSPS) is 11.7. The van der Waals surface area contributed by atoms with Crippen molar-refractivity contribution in [1.82, 2.24) is 26.6 Å². The van der Waals surface area contributed by atoms with Crippen LogP contribution < -0.4 is 32.3 Å². The molecule has 0 bridgehead atoms. The standard InChI is InChI=1S/C35H45N7O5/c1-2-30(44)37-21-9-10-22-39-35(47)42-34(36)38-23-11-16-29(32(45)40-24-25-17-19-28(43)20-18-25)41-33(46)31(26-12-5-3-6-13-26)27-14-7-4-8-15-27/h3-8,12-15,17-20,29,31,43H,2,9-11,16,21-24H2,1H3,(H,37,44)(H,40,45)(H,41,46)(H4,36,38,39,42,47)/t29-/m1/s1. The average molecular weight is 644 g/mol. The van der Waals surface area contributed by atoms with Crippen LogP contribution in [0.4, 0.5) is 4.79 Å². The first-order valence-electron chi connectivity index (χ1n) is 15.8. The van der Waals surface area contributed by atoms with E-state index in [1.165, 1.54) is 12.1 Å². The number of phenolic OH excluding ortho intramolecular Hbond substituents is 1. The number of hydrogen-bond donors (Lipinski definition) is 7.